The minimum atomic E-state index is -0.431. The lowest BCUT2D eigenvalue weighted by molar-refractivity contribution is 0.0529. The Bertz CT molecular complexity index is 1430. The molecule has 0 spiro atoms. The van der Waals surface area contributed by atoms with Crippen LogP contribution in [0.5, 0.6) is 0 Å². The van der Waals surface area contributed by atoms with Crippen LogP contribution in [0.15, 0.2) is 41.8 Å². The number of hydrogen-bond donors (Lipinski definition) is 1. The van der Waals surface area contributed by atoms with E-state index in [4.69, 9.17) is 4.74 Å². The van der Waals surface area contributed by atoms with E-state index in [0.29, 0.717) is 22.8 Å². The number of thiophene rings is 1. The summed E-state index contributed by atoms with van der Waals surface area (Å²) in [5, 5.41) is 6.57. The van der Waals surface area contributed by atoms with Crippen molar-refractivity contribution in [3.05, 3.63) is 75.3 Å². The second-order valence-electron chi connectivity index (χ2n) is 8.77. The third kappa shape index (κ3) is 4.50. The number of amides is 1. The van der Waals surface area contributed by atoms with Gasteiger partial charge in [-0.05, 0) is 75.4 Å². The predicted molar refractivity (Wildman–Crippen MR) is 145 cm³/mol. The van der Waals surface area contributed by atoms with E-state index in [2.05, 4.69) is 36.5 Å². The zero-order valence-corrected chi connectivity index (χ0v) is 22.1. The van der Waals surface area contributed by atoms with Gasteiger partial charge in [0, 0.05) is 28.4 Å². The summed E-state index contributed by atoms with van der Waals surface area (Å²) in [5.74, 6) is -0.655. The molecular formula is C29H32N2O3S. The Hall–Kier alpha value is -3.38. The normalized spacial score (nSPS) is 11.1. The lowest BCUT2D eigenvalue weighted by atomic mass is 9.97. The first-order valence-electron chi connectivity index (χ1n) is 12.1. The number of esters is 1. The molecule has 0 saturated heterocycles. The lowest BCUT2D eigenvalue weighted by Gasteiger charge is -2.12. The van der Waals surface area contributed by atoms with Gasteiger partial charge in [0.15, 0.2) is 0 Å². The van der Waals surface area contributed by atoms with Crippen LogP contribution in [0.4, 0.5) is 5.00 Å². The van der Waals surface area contributed by atoms with Gasteiger partial charge >= 0.3 is 5.97 Å². The number of fused-ring (bicyclic) bond motifs is 1. The van der Waals surface area contributed by atoms with E-state index in [-0.39, 0.29) is 12.5 Å². The zero-order valence-electron chi connectivity index (χ0n) is 21.2. The van der Waals surface area contributed by atoms with Crippen molar-refractivity contribution in [3.8, 4) is 11.1 Å². The fourth-order valence-corrected chi connectivity index (χ4v) is 5.69. The number of anilines is 1. The highest BCUT2D eigenvalue weighted by molar-refractivity contribution is 7.15. The van der Waals surface area contributed by atoms with Crippen LogP contribution in [0, 0.1) is 20.8 Å². The van der Waals surface area contributed by atoms with Gasteiger partial charge in [-0.15, -0.1) is 11.3 Å². The number of ether oxygens (including phenoxy) is 1. The Kier molecular flexibility index (Phi) is 7.13. The molecule has 2 aromatic heterocycles. The molecule has 2 aromatic carbocycles. The molecule has 0 aliphatic heterocycles. The zero-order chi connectivity index (χ0) is 25.3. The topological polar surface area (TPSA) is 60.3 Å². The molecular weight excluding hydrogens is 456 g/mol. The molecule has 0 atom stereocenters. The van der Waals surface area contributed by atoms with Crippen LogP contribution in [0.25, 0.3) is 22.0 Å². The fraction of sp³-hybridized carbons (Fsp3) is 0.310. The van der Waals surface area contributed by atoms with Gasteiger partial charge in [0.25, 0.3) is 5.91 Å². The van der Waals surface area contributed by atoms with Gasteiger partial charge < -0.3 is 14.6 Å². The first-order valence-corrected chi connectivity index (χ1v) is 13.0. The summed E-state index contributed by atoms with van der Waals surface area (Å²) in [5.41, 5.74) is 8.21. The van der Waals surface area contributed by atoms with E-state index in [9.17, 15) is 9.59 Å². The molecule has 0 radical (unpaired) electrons. The Morgan fingerprint density at radius 2 is 1.77 bits per heavy atom. The van der Waals surface area contributed by atoms with Gasteiger partial charge in [-0.2, -0.15) is 0 Å². The van der Waals surface area contributed by atoms with Crippen molar-refractivity contribution in [3.63, 3.8) is 0 Å². The van der Waals surface area contributed by atoms with Crippen molar-refractivity contribution in [1.82, 2.24) is 4.57 Å². The van der Waals surface area contributed by atoms with Crippen molar-refractivity contribution in [1.29, 1.82) is 0 Å². The third-order valence-electron chi connectivity index (χ3n) is 6.49. The van der Waals surface area contributed by atoms with Crippen molar-refractivity contribution in [2.75, 3.05) is 11.9 Å². The predicted octanol–water partition coefficient (Wildman–Crippen LogP) is 7.31. The second kappa shape index (κ2) is 10.1. The largest absolute Gasteiger partial charge is 0.462 e. The highest BCUT2D eigenvalue weighted by Gasteiger charge is 2.26. The number of aryl methyl sites for hydroxylation is 5. The average Bonchev–Trinajstić information content (AvgIpc) is 3.37. The Balaban J connectivity index is 1.80. The molecule has 35 heavy (non-hydrogen) atoms. The van der Waals surface area contributed by atoms with E-state index < -0.39 is 5.97 Å². The number of hydrogen-bond acceptors (Lipinski definition) is 4. The summed E-state index contributed by atoms with van der Waals surface area (Å²) in [7, 11) is 0. The van der Waals surface area contributed by atoms with Crippen LogP contribution in [-0.4, -0.2) is 23.1 Å². The molecule has 0 aliphatic rings. The molecule has 0 unspecified atom stereocenters. The number of aromatic nitrogens is 1. The summed E-state index contributed by atoms with van der Waals surface area (Å²) in [6.07, 6.45) is 0.938. The molecule has 1 amide bonds. The molecule has 0 fully saturated rings. The third-order valence-corrected chi connectivity index (χ3v) is 7.39. The van der Waals surface area contributed by atoms with Crippen LogP contribution >= 0.6 is 11.3 Å². The van der Waals surface area contributed by atoms with E-state index in [1.807, 2.05) is 49.8 Å². The first-order chi connectivity index (χ1) is 16.8. The van der Waals surface area contributed by atoms with E-state index in [1.165, 1.54) is 16.9 Å². The van der Waals surface area contributed by atoms with Crippen LogP contribution < -0.4 is 5.32 Å². The van der Waals surface area contributed by atoms with Crippen LogP contribution in [0.3, 0.4) is 0 Å². The summed E-state index contributed by atoms with van der Waals surface area (Å²) >= 11 is 1.35. The summed E-state index contributed by atoms with van der Waals surface area (Å²) < 4.78 is 7.44. The van der Waals surface area contributed by atoms with Crippen molar-refractivity contribution >= 4 is 39.1 Å². The molecule has 0 aliphatic carbocycles. The van der Waals surface area contributed by atoms with Crippen LogP contribution in [-0.2, 0) is 17.7 Å². The van der Waals surface area contributed by atoms with Gasteiger partial charge in [-0.1, -0.05) is 36.8 Å². The summed E-state index contributed by atoms with van der Waals surface area (Å²) in [4.78, 5) is 26.7. The maximum atomic E-state index is 13.7. The van der Waals surface area contributed by atoms with E-state index in [1.54, 1.807) is 6.92 Å². The quantitative estimate of drug-likeness (QED) is 0.278. The van der Waals surface area contributed by atoms with E-state index >= 15 is 0 Å². The molecule has 6 heteroatoms. The lowest BCUT2D eigenvalue weighted by Crippen LogP contribution is -2.19. The van der Waals surface area contributed by atoms with Gasteiger partial charge in [-0.25, -0.2) is 4.79 Å². The molecule has 182 valence electrons. The van der Waals surface area contributed by atoms with Gasteiger partial charge in [0.1, 0.15) is 16.3 Å². The monoisotopic (exact) mass is 488 g/mol. The standard InChI is InChI=1S/C29H32N2O3S/c1-7-20-11-13-24-22(15-20)19(6)26(31(24)8-2)27(32)30-28-25(29(33)34-9-3)23(16-35-28)21-12-10-17(4)14-18(21)5/h10-16H,7-9H2,1-6H3,(H,30,32). The highest BCUT2D eigenvalue weighted by Crippen LogP contribution is 2.38. The number of rotatable bonds is 7. The number of nitrogens with zero attached hydrogens (tertiary/aromatic N) is 1. The Morgan fingerprint density at radius 3 is 2.43 bits per heavy atom. The molecule has 0 saturated carbocycles. The number of carbonyl (C=O) groups excluding carboxylic acids is 2. The summed E-state index contributed by atoms with van der Waals surface area (Å²) in [6.45, 7) is 12.9. The molecule has 1 N–H and O–H groups in total. The van der Waals surface area contributed by atoms with Crippen molar-refractivity contribution in [2.24, 2.45) is 0 Å². The minimum absolute atomic E-state index is 0.224. The number of carbonyl (C=O) groups is 2. The number of benzene rings is 2. The Morgan fingerprint density at radius 1 is 1.00 bits per heavy atom. The smallest absolute Gasteiger partial charge is 0.341 e. The van der Waals surface area contributed by atoms with Gasteiger partial charge in [0.2, 0.25) is 0 Å². The van der Waals surface area contributed by atoms with Crippen LogP contribution in [0.2, 0.25) is 0 Å². The molecule has 2 heterocycles. The first kappa shape index (κ1) is 24.7. The number of nitrogens with one attached hydrogen (secondary N) is 1. The Labute approximate surface area is 210 Å². The average molecular weight is 489 g/mol. The molecule has 4 aromatic rings. The van der Waals surface area contributed by atoms with Crippen LogP contribution in [0.1, 0.15) is 63.9 Å². The molecule has 5 nitrogen and oxygen atoms in total. The fourth-order valence-electron chi connectivity index (χ4n) is 4.74. The summed E-state index contributed by atoms with van der Waals surface area (Å²) in [6, 6.07) is 12.5. The van der Waals surface area contributed by atoms with Crippen molar-refractivity contribution in [2.45, 2.75) is 54.5 Å². The minimum Gasteiger partial charge on any atom is -0.462 e. The SMILES string of the molecule is CCOC(=O)c1c(-c2ccc(C)cc2C)csc1NC(=O)c1c(C)c2cc(CC)ccc2n1CC. The maximum Gasteiger partial charge on any atom is 0.341 e. The maximum absolute atomic E-state index is 13.7. The van der Waals surface area contributed by atoms with E-state index in [0.717, 1.165) is 45.1 Å². The molecule has 4 rings (SSSR count). The molecule has 0 bridgehead atoms. The van der Waals surface area contributed by atoms with Gasteiger partial charge in [0.05, 0.1) is 6.61 Å². The van der Waals surface area contributed by atoms with Gasteiger partial charge in [-0.3, -0.25) is 4.79 Å². The highest BCUT2D eigenvalue weighted by atomic mass is 32.1. The van der Waals surface area contributed by atoms with Crippen molar-refractivity contribution < 1.29 is 14.3 Å². The second-order valence-corrected chi connectivity index (χ2v) is 9.65.